The van der Waals surface area contributed by atoms with Crippen molar-refractivity contribution < 1.29 is 109 Å². The lowest BCUT2D eigenvalue weighted by Gasteiger charge is -2.68. The minimum atomic E-state index is -1.83. The van der Waals surface area contributed by atoms with Crippen molar-refractivity contribution in [3.8, 4) is 0 Å². The lowest BCUT2D eigenvalue weighted by Crippen LogP contribution is -2.65. The number of aliphatic hydroxyl groups excluding tert-OH is 13. The van der Waals surface area contributed by atoms with Crippen LogP contribution in [0.3, 0.4) is 0 Å². The van der Waals surface area contributed by atoms with Crippen LogP contribution in [0.15, 0.2) is 11.6 Å². The fourth-order valence-corrected chi connectivity index (χ4v) is 15.7. The molecule has 0 radical (unpaired) electrons. The molecule has 4 aliphatic heterocycles. The smallest absolute Gasteiger partial charge is 0.315 e. The Morgan fingerprint density at radius 3 is 1.95 bits per heavy atom. The third-order valence-corrected chi connectivity index (χ3v) is 20.3. The summed E-state index contributed by atoms with van der Waals surface area (Å²) in [4.78, 5) is 15.0. The third kappa shape index (κ3) is 9.56. The molecule has 13 N–H and O–H groups in total. The monoisotopic (exact) mass is 1060 g/mol. The maximum absolute atomic E-state index is 15.0. The van der Waals surface area contributed by atoms with Crippen LogP contribution >= 0.6 is 0 Å². The van der Waals surface area contributed by atoms with Gasteiger partial charge in [-0.25, -0.2) is 0 Å². The van der Waals surface area contributed by atoms with Crippen LogP contribution in [0.5, 0.6) is 0 Å². The van der Waals surface area contributed by atoms with Crippen LogP contribution in [0.25, 0.3) is 0 Å². The average molecular weight is 1060 g/mol. The van der Waals surface area contributed by atoms with Crippen molar-refractivity contribution >= 4 is 5.97 Å². The molecular formula is C52H84O22. The van der Waals surface area contributed by atoms with Gasteiger partial charge in [-0.1, -0.05) is 46.3 Å². The normalized spacial score (nSPS) is 54.4. The summed E-state index contributed by atoms with van der Waals surface area (Å²) >= 11 is 0. The van der Waals surface area contributed by atoms with E-state index < -0.39 is 153 Å². The first-order valence-corrected chi connectivity index (χ1v) is 26.9. The average Bonchev–Trinajstić information content (AvgIpc) is 3.36. The third-order valence-electron chi connectivity index (χ3n) is 20.3. The SMILES string of the molecule is CC1OC(OC2C(OC3CCC4(C)C(CCC5(C)C6CCC7(C(=O)OC8OC(COC9OC(CO)C(O)C(O)C9O)C(O)C(O)C8O)CCC(C)(C)CC7C6=CCC54)C3(C)CO)OCC(O)C2O)C(O)C(O)C1O. The molecule has 5 aliphatic carbocycles. The van der Waals surface area contributed by atoms with Crippen molar-refractivity contribution in [1.82, 2.24) is 0 Å². The molecule has 22 nitrogen and oxygen atoms in total. The number of rotatable bonds is 11. The van der Waals surface area contributed by atoms with Crippen molar-refractivity contribution in [2.75, 3.05) is 26.4 Å². The van der Waals surface area contributed by atoms with Gasteiger partial charge in [-0.3, -0.25) is 4.79 Å². The number of allylic oxidation sites excluding steroid dienone is 2. The van der Waals surface area contributed by atoms with Gasteiger partial charge in [0.05, 0.1) is 44.1 Å². The second-order valence-electron chi connectivity index (χ2n) is 25.1. The fourth-order valence-electron chi connectivity index (χ4n) is 15.7. The molecular weight excluding hydrogens is 977 g/mol. The van der Waals surface area contributed by atoms with E-state index in [9.17, 15) is 71.2 Å². The molecule has 0 spiro atoms. The molecule has 0 aromatic heterocycles. The van der Waals surface area contributed by atoms with Gasteiger partial charge in [-0.2, -0.15) is 0 Å². The van der Waals surface area contributed by atoms with E-state index in [0.29, 0.717) is 32.1 Å². The van der Waals surface area contributed by atoms with E-state index in [4.69, 9.17) is 37.9 Å². The molecule has 9 aliphatic rings. The van der Waals surface area contributed by atoms with Gasteiger partial charge >= 0.3 is 5.97 Å². The minimum absolute atomic E-state index is 0.0280. The molecule has 0 aromatic rings. The maximum Gasteiger partial charge on any atom is 0.315 e. The molecule has 4 heterocycles. The van der Waals surface area contributed by atoms with Crippen LogP contribution in [0, 0.1) is 50.7 Å². The van der Waals surface area contributed by atoms with Crippen LogP contribution in [-0.2, 0) is 42.7 Å². The molecule has 4 saturated carbocycles. The predicted octanol–water partition coefficient (Wildman–Crippen LogP) is -1.79. The number of aliphatic hydroxyl groups is 13. The summed E-state index contributed by atoms with van der Waals surface area (Å²) in [6.45, 7) is 10.9. The molecule has 0 aromatic carbocycles. The largest absolute Gasteiger partial charge is 0.432 e. The number of hydrogen-bond donors (Lipinski definition) is 13. The lowest BCUT2D eigenvalue weighted by atomic mass is 9.37. The Hall–Kier alpha value is -1.59. The Kier molecular flexibility index (Phi) is 16.3. The number of hydrogen-bond acceptors (Lipinski definition) is 22. The Labute approximate surface area is 431 Å². The summed E-state index contributed by atoms with van der Waals surface area (Å²) in [5.74, 6) is -0.528. The molecule has 74 heavy (non-hydrogen) atoms. The highest BCUT2D eigenvalue weighted by molar-refractivity contribution is 5.79. The van der Waals surface area contributed by atoms with E-state index in [-0.39, 0.29) is 53.1 Å². The van der Waals surface area contributed by atoms with Gasteiger partial charge < -0.3 is 104 Å². The van der Waals surface area contributed by atoms with E-state index >= 15 is 0 Å². The first kappa shape index (κ1) is 57.1. The molecule has 9 rings (SSSR count). The zero-order valence-corrected chi connectivity index (χ0v) is 43.3. The van der Waals surface area contributed by atoms with E-state index in [1.807, 2.05) is 6.92 Å². The van der Waals surface area contributed by atoms with Gasteiger partial charge in [0.15, 0.2) is 18.9 Å². The molecule has 0 bridgehead atoms. The molecule has 4 saturated heterocycles. The highest BCUT2D eigenvalue weighted by atomic mass is 16.8. The summed E-state index contributed by atoms with van der Waals surface area (Å²) in [6, 6.07) is 0. The van der Waals surface area contributed by atoms with Gasteiger partial charge in [0.1, 0.15) is 85.5 Å². The molecule has 22 heteroatoms. The molecule has 28 atom stereocenters. The second kappa shape index (κ2) is 21.1. The van der Waals surface area contributed by atoms with Crippen molar-refractivity contribution in [3.05, 3.63) is 11.6 Å². The standard InChI is InChI=1S/C52H84O22/c1-22-32(56)36(60)40(64)44(69-22)73-42-33(57)26(55)19-67-46(42)72-31-11-13-50(5)29-8-7-23-24(49(29,4)12-10-30(50)51(31,6)21-54)9-14-52(16-15-48(2,3)17-25(23)52)47(66)74-45-41(65)38(62)35(59)28(71-45)20-68-43-39(63)37(61)34(58)27(18-53)70-43/h7,22,24-46,53-65H,8-21H2,1-6H3. The van der Waals surface area contributed by atoms with Crippen molar-refractivity contribution in [2.24, 2.45) is 50.7 Å². The van der Waals surface area contributed by atoms with E-state index in [1.165, 1.54) is 12.5 Å². The topological polar surface area (TPSA) is 354 Å². The maximum atomic E-state index is 15.0. The number of carbonyl (C=O) groups is 1. The van der Waals surface area contributed by atoms with Gasteiger partial charge in [0.2, 0.25) is 6.29 Å². The fraction of sp³-hybridized carbons (Fsp3) is 0.942. The first-order valence-electron chi connectivity index (χ1n) is 26.9. The van der Waals surface area contributed by atoms with Gasteiger partial charge in [0.25, 0.3) is 0 Å². The molecule has 28 unspecified atom stereocenters. The minimum Gasteiger partial charge on any atom is -0.432 e. The summed E-state index contributed by atoms with van der Waals surface area (Å²) in [7, 11) is 0. The van der Waals surface area contributed by atoms with Crippen molar-refractivity contribution in [2.45, 2.75) is 229 Å². The van der Waals surface area contributed by atoms with E-state index in [0.717, 1.165) is 32.1 Å². The Bertz CT molecular complexity index is 2010. The zero-order chi connectivity index (χ0) is 53.8. The summed E-state index contributed by atoms with van der Waals surface area (Å²) in [5.41, 5.74) is -1.18. The van der Waals surface area contributed by atoms with Gasteiger partial charge in [-0.15, -0.1) is 0 Å². The van der Waals surface area contributed by atoms with Crippen molar-refractivity contribution in [3.63, 3.8) is 0 Å². The Morgan fingerprint density at radius 2 is 1.26 bits per heavy atom. The number of fused-ring (bicyclic) bond motifs is 7. The summed E-state index contributed by atoms with van der Waals surface area (Å²) in [5, 5.41) is 139. The van der Waals surface area contributed by atoms with Crippen LogP contribution in [0.2, 0.25) is 0 Å². The van der Waals surface area contributed by atoms with Gasteiger partial charge in [-0.05, 0) is 111 Å². The zero-order valence-electron chi connectivity index (χ0n) is 43.3. The molecule has 0 amide bonds. The van der Waals surface area contributed by atoms with Crippen LogP contribution < -0.4 is 0 Å². The quantitative estimate of drug-likeness (QED) is 0.0618. The number of esters is 1. The predicted molar refractivity (Wildman–Crippen MR) is 252 cm³/mol. The van der Waals surface area contributed by atoms with Crippen LogP contribution in [0.4, 0.5) is 0 Å². The highest BCUT2D eigenvalue weighted by Gasteiger charge is 2.68. The van der Waals surface area contributed by atoms with Gasteiger partial charge in [0, 0.05) is 5.41 Å². The summed E-state index contributed by atoms with van der Waals surface area (Å²) < 4.78 is 47.5. The number of carbonyl (C=O) groups excluding carboxylic acids is 1. The highest BCUT2D eigenvalue weighted by Crippen LogP contribution is 2.72. The molecule has 424 valence electrons. The summed E-state index contributed by atoms with van der Waals surface area (Å²) in [6.07, 6.45) is -20.6. The van der Waals surface area contributed by atoms with E-state index in [1.54, 1.807) is 0 Å². The Balaban J connectivity index is 0.915. The van der Waals surface area contributed by atoms with Crippen LogP contribution in [-0.4, -0.2) is 222 Å². The lowest BCUT2D eigenvalue weighted by molar-refractivity contribution is -0.365. The Morgan fingerprint density at radius 1 is 0.622 bits per heavy atom. The second-order valence-corrected chi connectivity index (χ2v) is 25.1. The number of ether oxygens (including phenoxy) is 8. The van der Waals surface area contributed by atoms with Crippen molar-refractivity contribution in [1.29, 1.82) is 0 Å². The van der Waals surface area contributed by atoms with Crippen LogP contribution in [0.1, 0.15) is 106 Å². The van der Waals surface area contributed by atoms with E-state index in [2.05, 4.69) is 33.8 Å². The first-order chi connectivity index (χ1) is 34.8. The molecule has 8 fully saturated rings.